The zero-order valence-electron chi connectivity index (χ0n) is 53.7. The number of unbranched alkanes of at least 4 members (excludes halogenated alkanes) is 41. The third kappa shape index (κ3) is 48.7. The molecule has 1 saturated heterocycles. The Morgan fingerprint density at radius 2 is 0.759 bits per heavy atom. The Morgan fingerprint density at radius 3 is 1.16 bits per heavy atom. The second-order valence-electron chi connectivity index (χ2n) is 24.2. The van der Waals surface area contributed by atoms with Gasteiger partial charge in [0.15, 0.2) is 24.6 Å². The molecule has 0 amide bonds. The minimum absolute atomic E-state index is 0.0659. The van der Waals surface area contributed by atoms with Crippen molar-refractivity contribution in [2.45, 2.75) is 379 Å². The summed E-state index contributed by atoms with van der Waals surface area (Å²) in [5, 5.41) is 31.7. The topological polar surface area (TPSA) is 175 Å². The summed E-state index contributed by atoms with van der Waals surface area (Å²) in [5.74, 6) is -3.09. The van der Waals surface area contributed by atoms with Gasteiger partial charge in [0.05, 0.1) is 6.61 Å². The van der Waals surface area contributed by atoms with Crippen LogP contribution in [0.3, 0.4) is 0 Å². The van der Waals surface area contributed by atoms with Crippen molar-refractivity contribution in [2.75, 3.05) is 13.2 Å². The minimum Gasteiger partial charge on any atom is -0.479 e. The maximum atomic E-state index is 13.2. The van der Waals surface area contributed by atoms with E-state index in [4.69, 9.17) is 23.7 Å². The minimum atomic E-state index is -1.90. The largest absolute Gasteiger partial charge is 0.479 e. The van der Waals surface area contributed by atoms with Crippen LogP contribution in [0.5, 0.6) is 0 Å². The molecule has 83 heavy (non-hydrogen) atoms. The Kier molecular flexibility index (Phi) is 55.7. The quantitative estimate of drug-likeness (QED) is 0.0228. The van der Waals surface area contributed by atoms with Crippen LogP contribution >= 0.6 is 0 Å². The zero-order valence-corrected chi connectivity index (χ0v) is 53.7. The Morgan fingerprint density at radius 1 is 0.410 bits per heavy atom. The van der Waals surface area contributed by atoms with E-state index in [-0.39, 0.29) is 25.9 Å². The molecule has 0 aromatic heterocycles. The zero-order chi connectivity index (χ0) is 60.3. The predicted molar refractivity (Wildman–Crippen MR) is 340 cm³/mol. The van der Waals surface area contributed by atoms with Crippen LogP contribution in [0.4, 0.5) is 0 Å². The Labute approximate surface area is 508 Å². The summed E-state index contributed by atoms with van der Waals surface area (Å²) in [6.07, 6.45) is 59.6. The number of esters is 3. The van der Waals surface area contributed by atoms with Crippen molar-refractivity contribution in [3.8, 4) is 0 Å². The molecule has 0 saturated carbocycles. The molecule has 0 aromatic carbocycles. The van der Waals surface area contributed by atoms with Gasteiger partial charge in [-0.15, -0.1) is 0 Å². The first kappa shape index (κ1) is 78.0. The summed E-state index contributed by atoms with van der Waals surface area (Å²) in [5.41, 5.74) is 0. The molecule has 1 rings (SSSR count). The molecule has 1 aliphatic heterocycles. The van der Waals surface area contributed by atoms with Gasteiger partial charge in [0.25, 0.3) is 0 Å². The number of allylic oxidation sites excluding steroid dienone is 6. The summed E-state index contributed by atoms with van der Waals surface area (Å²) in [4.78, 5) is 51.5. The molecule has 0 spiro atoms. The number of hydrogen-bond donors (Lipinski definition) is 3. The molecule has 12 heteroatoms. The lowest BCUT2D eigenvalue weighted by atomic mass is 9.98. The number of carboxylic acids is 1. The van der Waals surface area contributed by atoms with E-state index in [9.17, 15) is 34.5 Å². The molecule has 1 aliphatic rings. The van der Waals surface area contributed by atoms with Crippen molar-refractivity contribution in [3.63, 3.8) is 0 Å². The third-order valence-corrected chi connectivity index (χ3v) is 16.2. The second-order valence-corrected chi connectivity index (χ2v) is 24.2. The molecule has 6 unspecified atom stereocenters. The molecule has 12 nitrogen and oxygen atoms in total. The van der Waals surface area contributed by atoms with Crippen molar-refractivity contribution >= 4 is 23.9 Å². The van der Waals surface area contributed by atoms with Crippen molar-refractivity contribution in [3.05, 3.63) is 36.5 Å². The van der Waals surface area contributed by atoms with E-state index in [1.807, 2.05) is 0 Å². The summed E-state index contributed by atoms with van der Waals surface area (Å²) >= 11 is 0. The average molecular weight is 1170 g/mol. The SMILES string of the molecule is CC/C=C\C/C=C\C/C=C\CCCCCCCCCC(=O)OC(COC(=O)CCCCCCCCCCCCCCCCCCCCC)COC1OC(C(=O)O)C(O)C(O)C1OC(=O)CCCCCCCCCCCCCCCCCCC. The van der Waals surface area contributed by atoms with Crippen LogP contribution in [0.2, 0.25) is 0 Å². The van der Waals surface area contributed by atoms with Crippen molar-refractivity contribution in [1.82, 2.24) is 0 Å². The van der Waals surface area contributed by atoms with Gasteiger partial charge in [-0.2, -0.15) is 0 Å². The van der Waals surface area contributed by atoms with E-state index in [0.29, 0.717) is 19.3 Å². The highest BCUT2D eigenvalue weighted by atomic mass is 16.7. The van der Waals surface area contributed by atoms with Gasteiger partial charge in [0.2, 0.25) is 0 Å². The molecular weight excluding hydrogens is 1040 g/mol. The molecule has 1 heterocycles. The fourth-order valence-corrected chi connectivity index (χ4v) is 10.9. The molecule has 1 fully saturated rings. The standard InChI is InChI=1S/C71H128O12/c1-4-7-10-13-16-19-22-25-28-31-32-35-36-39-42-45-48-51-54-57-63(72)79-60-62(81-64(73)58-55-52-49-46-43-40-37-33-29-26-23-20-17-14-11-8-5-2)61-80-71-69(67(76)66(75)68(83-71)70(77)78)82-65(74)59-56-53-50-47-44-41-38-34-30-27-24-21-18-15-12-9-6-3/h8,11,17,20,26,29,62,66-69,71,75-76H,4-7,9-10,12-16,18-19,21-25,27-28,30-61H2,1-3H3,(H,77,78)/b11-8-,20-17-,29-26-. The van der Waals surface area contributed by atoms with Crippen molar-refractivity contribution in [1.29, 1.82) is 0 Å². The Bertz CT molecular complexity index is 1580. The van der Waals surface area contributed by atoms with Gasteiger partial charge >= 0.3 is 23.9 Å². The highest BCUT2D eigenvalue weighted by Gasteiger charge is 2.50. The first-order chi connectivity index (χ1) is 40.6. The number of aliphatic carboxylic acids is 1. The van der Waals surface area contributed by atoms with Crippen LogP contribution in [-0.4, -0.2) is 89.2 Å². The number of carboxylic acid groups (broad SMARTS) is 1. The number of aliphatic hydroxyl groups excluding tert-OH is 2. The first-order valence-electron chi connectivity index (χ1n) is 35.0. The fraction of sp³-hybridized carbons (Fsp3) is 0.859. The van der Waals surface area contributed by atoms with Crippen LogP contribution in [0.1, 0.15) is 342 Å². The van der Waals surface area contributed by atoms with E-state index < -0.39 is 67.3 Å². The molecule has 0 radical (unpaired) electrons. The molecule has 0 aromatic rings. The Balaban J connectivity index is 2.62. The van der Waals surface area contributed by atoms with Crippen LogP contribution in [0, 0.1) is 0 Å². The van der Waals surface area contributed by atoms with E-state index in [2.05, 4.69) is 57.2 Å². The molecule has 0 bridgehead atoms. The summed E-state index contributed by atoms with van der Waals surface area (Å²) < 4.78 is 28.6. The summed E-state index contributed by atoms with van der Waals surface area (Å²) in [6, 6.07) is 0. The summed E-state index contributed by atoms with van der Waals surface area (Å²) in [6.45, 7) is 5.95. The van der Waals surface area contributed by atoms with Crippen molar-refractivity contribution in [2.24, 2.45) is 0 Å². The lowest BCUT2D eigenvalue weighted by molar-refractivity contribution is -0.301. The van der Waals surface area contributed by atoms with Gasteiger partial charge in [-0.05, 0) is 51.4 Å². The maximum Gasteiger partial charge on any atom is 0.335 e. The number of hydrogen-bond acceptors (Lipinski definition) is 11. The highest BCUT2D eigenvalue weighted by molar-refractivity contribution is 5.74. The van der Waals surface area contributed by atoms with Gasteiger partial charge in [-0.3, -0.25) is 14.4 Å². The summed E-state index contributed by atoms with van der Waals surface area (Å²) in [7, 11) is 0. The van der Waals surface area contributed by atoms with Crippen molar-refractivity contribution < 1.29 is 58.2 Å². The first-order valence-corrected chi connectivity index (χ1v) is 35.0. The lowest BCUT2D eigenvalue weighted by Gasteiger charge is -2.40. The van der Waals surface area contributed by atoms with Crippen LogP contribution in [0.25, 0.3) is 0 Å². The van der Waals surface area contributed by atoms with Crippen LogP contribution in [0.15, 0.2) is 36.5 Å². The molecule has 484 valence electrons. The van der Waals surface area contributed by atoms with Crippen LogP contribution < -0.4 is 0 Å². The van der Waals surface area contributed by atoms with Gasteiger partial charge < -0.3 is 39.0 Å². The third-order valence-electron chi connectivity index (χ3n) is 16.2. The monoisotopic (exact) mass is 1170 g/mol. The van der Waals surface area contributed by atoms with Gasteiger partial charge in [-0.25, -0.2) is 4.79 Å². The molecule has 6 atom stereocenters. The van der Waals surface area contributed by atoms with Gasteiger partial charge in [0.1, 0.15) is 18.8 Å². The smallest absolute Gasteiger partial charge is 0.335 e. The lowest BCUT2D eigenvalue weighted by Crippen LogP contribution is -2.61. The molecular formula is C71H128O12. The number of ether oxygens (including phenoxy) is 5. The average Bonchev–Trinajstić information content (AvgIpc) is 3.59. The van der Waals surface area contributed by atoms with E-state index >= 15 is 0 Å². The number of carbonyl (C=O) groups is 4. The Hall–Kier alpha value is -3.06. The number of carbonyl (C=O) groups excluding carboxylic acids is 3. The number of rotatable bonds is 61. The van der Waals surface area contributed by atoms with Gasteiger partial charge in [0, 0.05) is 19.3 Å². The highest BCUT2D eigenvalue weighted by Crippen LogP contribution is 2.27. The predicted octanol–water partition coefficient (Wildman–Crippen LogP) is 19.1. The molecule has 0 aliphatic carbocycles. The second kappa shape index (κ2) is 59.3. The van der Waals surface area contributed by atoms with Gasteiger partial charge in [-0.1, -0.05) is 308 Å². The maximum absolute atomic E-state index is 13.2. The molecule has 3 N–H and O–H groups in total. The van der Waals surface area contributed by atoms with E-state index in [1.165, 1.54) is 180 Å². The van der Waals surface area contributed by atoms with E-state index in [1.54, 1.807) is 0 Å². The number of aliphatic hydroxyl groups is 2. The van der Waals surface area contributed by atoms with Crippen LogP contribution in [-0.2, 0) is 42.9 Å². The van der Waals surface area contributed by atoms with E-state index in [0.717, 1.165) is 103 Å². The fourth-order valence-electron chi connectivity index (χ4n) is 10.9. The normalized spacial score (nSPS) is 17.7.